The number of nitrogens with two attached hydrogens (primary N) is 1. The predicted octanol–water partition coefficient (Wildman–Crippen LogP) is 2.87. The lowest BCUT2D eigenvalue weighted by Crippen LogP contribution is -2.53. The molecule has 6 nitrogen and oxygen atoms in total. The summed E-state index contributed by atoms with van der Waals surface area (Å²) in [5.41, 5.74) is 4.99. The van der Waals surface area contributed by atoms with Crippen molar-refractivity contribution in [2.24, 2.45) is 28.9 Å². The van der Waals surface area contributed by atoms with Gasteiger partial charge in [-0.2, -0.15) is 0 Å². The van der Waals surface area contributed by atoms with Crippen LogP contribution in [0, 0.1) is 23.2 Å². The first-order valence-electron chi connectivity index (χ1n) is 9.08. The molecule has 4 fully saturated rings. The van der Waals surface area contributed by atoms with Gasteiger partial charge in [-0.3, -0.25) is 14.9 Å². The molecule has 4 saturated carbocycles. The van der Waals surface area contributed by atoms with Crippen LogP contribution in [-0.4, -0.2) is 28.3 Å². The molecule has 4 rings (SSSR count). The normalized spacial score (nSPS) is 37.0. The van der Waals surface area contributed by atoms with E-state index in [2.05, 4.69) is 15.9 Å². The molecular weight excluding hydrogens is 388 g/mol. The average Bonchev–Trinajstić information content (AvgIpc) is 2.40. The Balaban J connectivity index is 1.65. The van der Waals surface area contributed by atoms with Crippen LogP contribution in [0.4, 0.5) is 4.79 Å². The first-order chi connectivity index (χ1) is 11.6. The number of ether oxygens (including phenoxy) is 1. The Morgan fingerprint density at radius 2 is 1.80 bits per heavy atom. The topological polar surface area (TPSA) is 98.5 Å². The summed E-state index contributed by atoms with van der Waals surface area (Å²) in [6.07, 6.45) is 6.19. The number of hydrogen-bond donors (Lipinski definition) is 2. The molecule has 25 heavy (non-hydrogen) atoms. The summed E-state index contributed by atoms with van der Waals surface area (Å²) in [5, 5.41) is 2.01. The summed E-state index contributed by atoms with van der Waals surface area (Å²) in [5.74, 6) is 0.136. The number of nitrogens with one attached hydrogen (secondary N) is 1. The Bertz CT molecular complexity index is 578. The minimum atomic E-state index is -0.994. The van der Waals surface area contributed by atoms with Gasteiger partial charge in [0.15, 0.2) is 6.10 Å². The second-order valence-corrected chi connectivity index (χ2v) is 10.5. The molecule has 0 aromatic carbocycles. The van der Waals surface area contributed by atoms with E-state index in [0.717, 1.165) is 19.3 Å². The summed E-state index contributed by atoms with van der Waals surface area (Å²) in [4.78, 5) is 35.6. The van der Waals surface area contributed by atoms with Crippen molar-refractivity contribution in [1.82, 2.24) is 5.32 Å². The molecule has 3 amide bonds. The Morgan fingerprint density at radius 3 is 2.28 bits per heavy atom. The summed E-state index contributed by atoms with van der Waals surface area (Å²) < 4.78 is 5.65. The van der Waals surface area contributed by atoms with E-state index in [1.165, 1.54) is 19.3 Å². The number of hydrogen-bond acceptors (Lipinski definition) is 4. The molecule has 2 unspecified atom stereocenters. The lowest BCUT2D eigenvalue weighted by atomic mass is 9.49. The number of carbonyl (C=O) groups is 3. The van der Waals surface area contributed by atoms with Crippen molar-refractivity contribution in [1.29, 1.82) is 0 Å². The lowest BCUT2D eigenvalue weighted by Gasteiger charge is -2.60. The summed E-state index contributed by atoms with van der Waals surface area (Å²) in [6, 6.07) is -0.936. The smallest absolute Gasteiger partial charge is 0.318 e. The quantitative estimate of drug-likeness (QED) is 0.533. The van der Waals surface area contributed by atoms with Crippen molar-refractivity contribution >= 4 is 33.8 Å². The van der Waals surface area contributed by atoms with Crippen molar-refractivity contribution in [2.75, 3.05) is 0 Å². The second-order valence-electron chi connectivity index (χ2n) is 8.80. The highest BCUT2D eigenvalue weighted by Crippen LogP contribution is 2.65. The lowest BCUT2D eigenvalue weighted by molar-refractivity contribution is -0.163. The van der Waals surface area contributed by atoms with E-state index >= 15 is 0 Å². The molecule has 0 saturated heterocycles. The van der Waals surface area contributed by atoms with E-state index in [1.54, 1.807) is 13.8 Å². The van der Waals surface area contributed by atoms with E-state index in [4.69, 9.17) is 10.5 Å². The van der Waals surface area contributed by atoms with Crippen molar-refractivity contribution in [3.05, 3.63) is 0 Å². The van der Waals surface area contributed by atoms with Gasteiger partial charge in [0.2, 0.25) is 0 Å². The van der Waals surface area contributed by atoms with Gasteiger partial charge in [-0.05, 0) is 61.7 Å². The van der Waals surface area contributed by atoms with Gasteiger partial charge >= 0.3 is 12.0 Å². The van der Waals surface area contributed by atoms with Gasteiger partial charge in [0.1, 0.15) is 0 Å². The molecule has 140 valence electrons. The number of esters is 1. The molecule has 0 aromatic rings. The van der Waals surface area contributed by atoms with Gasteiger partial charge in [0.05, 0.1) is 6.42 Å². The third-order valence-electron chi connectivity index (χ3n) is 6.00. The molecule has 5 atom stereocenters. The van der Waals surface area contributed by atoms with Gasteiger partial charge in [0, 0.05) is 4.32 Å². The van der Waals surface area contributed by atoms with Crippen LogP contribution in [0.25, 0.3) is 0 Å². The summed E-state index contributed by atoms with van der Waals surface area (Å²) in [7, 11) is 0. The molecule has 4 aliphatic rings. The van der Waals surface area contributed by atoms with Crippen LogP contribution in [-0.2, 0) is 14.3 Å². The fourth-order valence-electron chi connectivity index (χ4n) is 5.72. The fourth-order valence-corrected chi connectivity index (χ4v) is 7.23. The van der Waals surface area contributed by atoms with Crippen molar-refractivity contribution < 1.29 is 19.1 Å². The van der Waals surface area contributed by atoms with Crippen LogP contribution in [0.2, 0.25) is 0 Å². The summed E-state index contributed by atoms with van der Waals surface area (Å²) in [6.45, 7) is 3.55. The zero-order valence-corrected chi connectivity index (χ0v) is 16.4. The third-order valence-corrected chi connectivity index (χ3v) is 6.93. The molecule has 3 N–H and O–H groups in total. The number of carbonyl (C=O) groups excluding carboxylic acids is 3. The van der Waals surface area contributed by atoms with Gasteiger partial charge < -0.3 is 10.5 Å². The first kappa shape index (κ1) is 18.7. The number of amides is 3. The molecule has 4 aliphatic carbocycles. The average molecular weight is 415 g/mol. The molecule has 0 aliphatic heterocycles. The van der Waals surface area contributed by atoms with Gasteiger partial charge in [-0.25, -0.2) is 4.79 Å². The fraction of sp³-hybridized carbons (Fsp3) is 0.833. The number of alkyl halides is 1. The monoisotopic (exact) mass is 414 g/mol. The number of rotatable bonds is 5. The molecule has 4 bridgehead atoms. The maximum atomic E-state index is 12.6. The van der Waals surface area contributed by atoms with Crippen LogP contribution in [0.3, 0.4) is 0 Å². The van der Waals surface area contributed by atoms with Gasteiger partial charge in [-0.1, -0.05) is 29.8 Å². The molecule has 7 heteroatoms. The van der Waals surface area contributed by atoms with E-state index in [1.807, 2.05) is 5.32 Å². The van der Waals surface area contributed by atoms with Crippen LogP contribution >= 0.6 is 15.9 Å². The van der Waals surface area contributed by atoms with E-state index in [9.17, 15) is 14.4 Å². The Labute approximate surface area is 156 Å². The highest BCUT2D eigenvalue weighted by Gasteiger charge is 2.57. The molecule has 0 radical (unpaired) electrons. The Morgan fingerprint density at radius 1 is 1.20 bits per heavy atom. The zero-order chi connectivity index (χ0) is 18.4. The van der Waals surface area contributed by atoms with Crippen LogP contribution in [0.1, 0.15) is 58.8 Å². The molecule has 0 aromatic heterocycles. The maximum absolute atomic E-state index is 12.6. The highest BCUT2D eigenvalue weighted by atomic mass is 79.9. The van der Waals surface area contributed by atoms with Crippen molar-refractivity contribution in [3.8, 4) is 0 Å². The maximum Gasteiger partial charge on any atom is 0.318 e. The van der Waals surface area contributed by atoms with Crippen LogP contribution in [0.15, 0.2) is 0 Å². The molecule has 0 spiro atoms. The minimum Gasteiger partial charge on any atom is -0.452 e. The Hall–Kier alpha value is -1.11. The number of imide groups is 1. The SMILES string of the molecule is CC(C)[C@H](OC(=O)CC12C[C@@H]3C[C@@H](CC(Br)(C3)C1)C2)C(=O)NC(N)=O. The van der Waals surface area contributed by atoms with E-state index in [-0.39, 0.29) is 21.6 Å². The van der Waals surface area contributed by atoms with Crippen molar-refractivity contribution in [2.45, 2.75) is 69.2 Å². The first-order valence-corrected chi connectivity index (χ1v) is 9.88. The second kappa shape index (κ2) is 6.56. The van der Waals surface area contributed by atoms with Crippen molar-refractivity contribution in [3.63, 3.8) is 0 Å². The van der Waals surface area contributed by atoms with Gasteiger partial charge in [-0.15, -0.1) is 0 Å². The standard InChI is InChI=1S/C18H27BrN2O4/c1-10(2)14(15(23)21-16(20)24)25-13(22)8-17-4-11-3-12(5-17)7-18(19,6-11)9-17/h10-12,14H,3-9H2,1-2H3,(H3,20,21,23,24)/t11-,12+,14-,17?,18?/m0/s1. The van der Waals surface area contributed by atoms with Crippen LogP contribution in [0.5, 0.6) is 0 Å². The number of primary amides is 1. The molecule has 0 heterocycles. The Kier molecular flexibility index (Phi) is 4.90. The molecular formula is C18H27BrN2O4. The zero-order valence-electron chi connectivity index (χ0n) is 14.8. The largest absolute Gasteiger partial charge is 0.452 e. The van der Waals surface area contributed by atoms with E-state index < -0.39 is 18.0 Å². The summed E-state index contributed by atoms with van der Waals surface area (Å²) >= 11 is 3.94. The number of urea groups is 1. The van der Waals surface area contributed by atoms with Crippen LogP contribution < -0.4 is 11.1 Å². The van der Waals surface area contributed by atoms with E-state index in [0.29, 0.717) is 18.3 Å². The highest BCUT2D eigenvalue weighted by molar-refractivity contribution is 9.10. The number of halogens is 1. The third kappa shape index (κ3) is 4.01. The van der Waals surface area contributed by atoms with Gasteiger partial charge in [0.25, 0.3) is 5.91 Å². The predicted molar refractivity (Wildman–Crippen MR) is 95.8 cm³/mol. The minimum absolute atomic E-state index is 0.00758.